The highest BCUT2D eigenvalue weighted by atomic mass is 16.5. The summed E-state index contributed by atoms with van der Waals surface area (Å²) in [4.78, 5) is 24.6. The third-order valence-corrected chi connectivity index (χ3v) is 6.80. The standard InChI is InChI=1S/C35H28O7/c1-22-31(25-12-16-27(17-13-25)41-29(36)20-23-8-4-2-5-9-23)34(39)35(40)32(33(22)38)26-14-18-28(19-15-26)42-30(37)21-24-10-6-3-7-11-24/h2-19,38-40H,20-21H2,1H3. The van der Waals surface area contributed by atoms with Crippen LogP contribution < -0.4 is 9.47 Å². The molecule has 0 saturated carbocycles. The van der Waals surface area contributed by atoms with Gasteiger partial charge in [0.25, 0.3) is 0 Å². The summed E-state index contributed by atoms with van der Waals surface area (Å²) in [5.41, 5.74) is 3.21. The number of aromatic hydroxyl groups is 3. The average Bonchev–Trinajstić information content (AvgIpc) is 2.99. The third kappa shape index (κ3) is 6.26. The molecule has 0 fully saturated rings. The van der Waals surface area contributed by atoms with Gasteiger partial charge in [0.2, 0.25) is 0 Å². The summed E-state index contributed by atoms with van der Waals surface area (Å²) in [6, 6.07) is 31.2. The molecule has 7 nitrogen and oxygen atoms in total. The maximum absolute atomic E-state index is 12.3. The first-order valence-corrected chi connectivity index (χ1v) is 13.3. The van der Waals surface area contributed by atoms with Crippen LogP contribution in [0.1, 0.15) is 16.7 Å². The molecule has 0 aliphatic heterocycles. The summed E-state index contributed by atoms with van der Waals surface area (Å²) in [6.07, 6.45) is 0.249. The Balaban J connectivity index is 1.32. The Morgan fingerprint density at radius 3 is 1.33 bits per heavy atom. The van der Waals surface area contributed by atoms with E-state index < -0.39 is 23.4 Å². The van der Waals surface area contributed by atoms with Crippen LogP contribution in [0.15, 0.2) is 109 Å². The van der Waals surface area contributed by atoms with E-state index in [-0.39, 0.29) is 29.7 Å². The van der Waals surface area contributed by atoms with Gasteiger partial charge in [-0.2, -0.15) is 0 Å². The summed E-state index contributed by atoms with van der Waals surface area (Å²) in [5, 5.41) is 33.0. The molecular formula is C35H28O7. The van der Waals surface area contributed by atoms with Crippen LogP contribution in [0.25, 0.3) is 22.3 Å². The van der Waals surface area contributed by atoms with E-state index in [1.165, 1.54) is 0 Å². The molecule has 0 atom stereocenters. The lowest BCUT2D eigenvalue weighted by Gasteiger charge is -2.17. The van der Waals surface area contributed by atoms with Gasteiger partial charge in [0.05, 0.1) is 18.4 Å². The molecule has 0 heterocycles. The van der Waals surface area contributed by atoms with Crippen LogP contribution in [0.5, 0.6) is 28.7 Å². The van der Waals surface area contributed by atoms with Crippen molar-refractivity contribution in [1.82, 2.24) is 0 Å². The van der Waals surface area contributed by atoms with Gasteiger partial charge >= 0.3 is 11.9 Å². The molecule has 5 aromatic carbocycles. The summed E-state index contributed by atoms with van der Waals surface area (Å²) in [7, 11) is 0. The van der Waals surface area contributed by atoms with Gasteiger partial charge in [-0.3, -0.25) is 9.59 Å². The molecule has 0 spiro atoms. The van der Waals surface area contributed by atoms with Crippen molar-refractivity contribution in [3.05, 3.63) is 126 Å². The van der Waals surface area contributed by atoms with E-state index >= 15 is 0 Å². The molecule has 5 aromatic rings. The van der Waals surface area contributed by atoms with Crippen LogP contribution in [0, 0.1) is 6.92 Å². The Labute approximate surface area is 242 Å². The predicted molar refractivity (Wildman–Crippen MR) is 159 cm³/mol. The highest BCUT2D eigenvalue weighted by Crippen LogP contribution is 2.51. The summed E-state index contributed by atoms with van der Waals surface area (Å²) in [5.74, 6) is -1.33. The van der Waals surface area contributed by atoms with Crippen molar-refractivity contribution in [2.75, 3.05) is 0 Å². The fraction of sp³-hybridized carbons (Fsp3) is 0.0857. The number of esters is 2. The van der Waals surface area contributed by atoms with E-state index in [0.29, 0.717) is 28.2 Å². The fourth-order valence-corrected chi connectivity index (χ4v) is 4.70. The van der Waals surface area contributed by atoms with Gasteiger partial charge < -0.3 is 24.8 Å². The second-order valence-corrected chi connectivity index (χ2v) is 9.74. The molecule has 210 valence electrons. The van der Waals surface area contributed by atoms with Crippen molar-refractivity contribution in [3.63, 3.8) is 0 Å². The highest BCUT2D eigenvalue weighted by Gasteiger charge is 2.23. The van der Waals surface area contributed by atoms with Gasteiger partial charge in [-0.25, -0.2) is 0 Å². The molecule has 0 saturated heterocycles. The molecule has 0 aromatic heterocycles. The lowest BCUT2D eigenvalue weighted by molar-refractivity contribution is -0.134. The number of carbonyl (C=O) groups is 2. The van der Waals surface area contributed by atoms with Gasteiger partial charge in [-0.15, -0.1) is 0 Å². The Hall–Kier alpha value is -5.56. The minimum atomic E-state index is -0.500. The molecular weight excluding hydrogens is 532 g/mol. The van der Waals surface area contributed by atoms with Crippen molar-refractivity contribution in [1.29, 1.82) is 0 Å². The van der Waals surface area contributed by atoms with Crippen molar-refractivity contribution < 1.29 is 34.4 Å². The van der Waals surface area contributed by atoms with E-state index in [4.69, 9.17) is 9.47 Å². The fourth-order valence-electron chi connectivity index (χ4n) is 4.70. The summed E-state index contributed by atoms with van der Waals surface area (Å²) >= 11 is 0. The van der Waals surface area contributed by atoms with Crippen molar-refractivity contribution in [3.8, 4) is 51.0 Å². The van der Waals surface area contributed by atoms with E-state index in [1.54, 1.807) is 55.5 Å². The molecule has 0 aliphatic rings. The summed E-state index contributed by atoms with van der Waals surface area (Å²) in [6.45, 7) is 1.63. The molecule has 3 N–H and O–H groups in total. The minimum absolute atomic E-state index is 0.0439. The Morgan fingerprint density at radius 2 is 0.905 bits per heavy atom. The van der Waals surface area contributed by atoms with E-state index in [0.717, 1.165) is 11.1 Å². The monoisotopic (exact) mass is 560 g/mol. The second kappa shape index (κ2) is 12.3. The van der Waals surface area contributed by atoms with Crippen LogP contribution in [0.2, 0.25) is 0 Å². The smallest absolute Gasteiger partial charge is 0.315 e. The van der Waals surface area contributed by atoms with E-state index in [9.17, 15) is 24.9 Å². The molecule has 5 rings (SSSR count). The quantitative estimate of drug-likeness (QED) is 0.0833. The van der Waals surface area contributed by atoms with E-state index in [1.807, 2.05) is 60.7 Å². The normalized spacial score (nSPS) is 10.7. The van der Waals surface area contributed by atoms with Crippen LogP contribution in [0.3, 0.4) is 0 Å². The van der Waals surface area contributed by atoms with Gasteiger partial charge in [0.15, 0.2) is 11.5 Å². The maximum atomic E-state index is 12.3. The molecule has 0 radical (unpaired) electrons. The number of carbonyl (C=O) groups excluding carboxylic acids is 2. The maximum Gasteiger partial charge on any atom is 0.315 e. The Bertz CT molecular complexity index is 1550. The average molecular weight is 561 g/mol. The van der Waals surface area contributed by atoms with Gasteiger partial charge in [0.1, 0.15) is 17.2 Å². The Morgan fingerprint density at radius 1 is 0.524 bits per heavy atom. The number of hydrogen-bond donors (Lipinski definition) is 3. The first-order valence-electron chi connectivity index (χ1n) is 13.3. The van der Waals surface area contributed by atoms with Crippen LogP contribution in [-0.2, 0) is 22.4 Å². The number of phenols is 3. The van der Waals surface area contributed by atoms with Crippen molar-refractivity contribution in [2.24, 2.45) is 0 Å². The number of rotatable bonds is 8. The third-order valence-electron chi connectivity index (χ3n) is 6.80. The molecule has 0 amide bonds. The molecule has 0 bridgehead atoms. The second-order valence-electron chi connectivity index (χ2n) is 9.74. The predicted octanol–water partition coefficient (Wildman–Crippen LogP) is 6.74. The lowest BCUT2D eigenvalue weighted by atomic mass is 9.92. The van der Waals surface area contributed by atoms with Gasteiger partial charge in [-0.1, -0.05) is 84.9 Å². The first kappa shape index (κ1) is 28.0. The number of benzene rings is 5. The van der Waals surface area contributed by atoms with Gasteiger partial charge in [-0.05, 0) is 53.4 Å². The lowest BCUT2D eigenvalue weighted by Crippen LogP contribution is -2.11. The number of ether oxygens (including phenoxy) is 2. The molecule has 42 heavy (non-hydrogen) atoms. The first-order chi connectivity index (χ1) is 20.3. The number of hydrogen-bond acceptors (Lipinski definition) is 7. The zero-order valence-corrected chi connectivity index (χ0v) is 22.8. The minimum Gasteiger partial charge on any atom is -0.507 e. The van der Waals surface area contributed by atoms with E-state index in [2.05, 4.69) is 0 Å². The largest absolute Gasteiger partial charge is 0.507 e. The highest BCUT2D eigenvalue weighted by molar-refractivity contribution is 5.90. The molecule has 7 heteroatoms. The number of phenolic OH excluding ortho intramolecular Hbond substituents is 3. The van der Waals surface area contributed by atoms with Gasteiger partial charge in [0, 0.05) is 11.1 Å². The zero-order chi connectivity index (χ0) is 29.6. The summed E-state index contributed by atoms with van der Waals surface area (Å²) < 4.78 is 10.8. The molecule has 0 aliphatic carbocycles. The SMILES string of the molecule is Cc1c(O)c(-c2ccc(OC(=O)Cc3ccccc3)cc2)c(O)c(O)c1-c1ccc(OC(=O)Cc2ccccc2)cc1. The topological polar surface area (TPSA) is 113 Å². The molecule has 0 unspecified atom stereocenters. The zero-order valence-electron chi connectivity index (χ0n) is 22.8. The van der Waals surface area contributed by atoms with Crippen LogP contribution in [-0.4, -0.2) is 27.3 Å². The van der Waals surface area contributed by atoms with Crippen molar-refractivity contribution >= 4 is 11.9 Å². The van der Waals surface area contributed by atoms with Crippen LogP contribution in [0.4, 0.5) is 0 Å². The Kier molecular flexibility index (Phi) is 8.20. The van der Waals surface area contributed by atoms with Crippen LogP contribution >= 0.6 is 0 Å². The van der Waals surface area contributed by atoms with Crippen molar-refractivity contribution in [2.45, 2.75) is 19.8 Å².